The molecule has 0 saturated carbocycles. The minimum Gasteiger partial charge on any atom is -0.355 e. The molecule has 2 rings (SSSR count). The molecular formula is C13H23N3O2. The molecule has 5 nitrogen and oxygen atoms in total. The Labute approximate surface area is 108 Å². The zero-order chi connectivity index (χ0) is 13.0. The smallest absolute Gasteiger partial charge is 0.228 e. The van der Waals surface area contributed by atoms with Crippen molar-refractivity contribution in [2.75, 3.05) is 26.2 Å². The van der Waals surface area contributed by atoms with E-state index in [1.807, 2.05) is 4.90 Å². The van der Waals surface area contributed by atoms with E-state index in [0.29, 0.717) is 19.0 Å². The third kappa shape index (κ3) is 3.22. The minimum absolute atomic E-state index is 0.00351. The molecule has 2 saturated heterocycles. The summed E-state index contributed by atoms with van der Waals surface area (Å²) in [6.45, 7) is 5.23. The van der Waals surface area contributed by atoms with E-state index in [9.17, 15) is 9.59 Å². The van der Waals surface area contributed by atoms with Crippen LogP contribution in [0.4, 0.5) is 0 Å². The molecule has 5 heteroatoms. The molecule has 0 spiro atoms. The zero-order valence-electron chi connectivity index (χ0n) is 11.1. The molecule has 0 aromatic heterocycles. The van der Waals surface area contributed by atoms with Crippen LogP contribution in [-0.4, -0.2) is 48.9 Å². The molecule has 2 heterocycles. The van der Waals surface area contributed by atoms with Gasteiger partial charge < -0.3 is 15.5 Å². The van der Waals surface area contributed by atoms with E-state index in [2.05, 4.69) is 17.6 Å². The number of hydrogen-bond acceptors (Lipinski definition) is 3. The predicted octanol–water partition coefficient (Wildman–Crippen LogP) is 0.113. The lowest BCUT2D eigenvalue weighted by Crippen LogP contribution is -2.44. The summed E-state index contributed by atoms with van der Waals surface area (Å²) in [5, 5.41) is 6.16. The van der Waals surface area contributed by atoms with Crippen molar-refractivity contribution in [1.29, 1.82) is 0 Å². The summed E-state index contributed by atoms with van der Waals surface area (Å²) >= 11 is 0. The molecule has 2 unspecified atom stereocenters. The summed E-state index contributed by atoms with van der Waals surface area (Å²) in [4.78, 5) is 25.5. The quantitative estimate of drug-likeness (QED) is 0.731. The van der Waals surface area contributed by atoms with E-state index in [4.69, 9.17) is 0 Å². The van der Waals surface area contributed by atoms with Crippen LogP contribution in [0, 0.1) is 5.92 Å². The summed E-state index contributed by atoms with van der Waals surface area (Å²) in [5.74, 6) is -0.00172. The number of hydrogen-bond donors (Lipinski definition) is 2. The van der Waals surface area contributed by atoms with Crippen molar-refractivity contribution in [2.45, 2.75) is 38.6 Å². The Balaban J connectivity index is 1.90. The summed E-state index contributed by atoms with van der Waals surface area (Å²) < 4.78 is 0. The third-order valence-electron chi connectivity index (χ3n) is 3.74. The number of carbonyl (C=O) groups excluding carboxylic acids is 2. The molecule has 0 aliphatic carbocycles. The molecule has 2 amide bonds. The van der Waals surface area contributed by atoms with Crippen molar-refractivity contribution < 1.29 is 9.59 Å². The second-order valence-electron chi connectivity index (χ2n) is 5.28. The fourth-order valence-electron chi connectivity index (χ4n) is 2.78. The first-order chi connectivity index (χ1) is 8.70. The maximum absolute atomic E-state index is 12.4. The topological polar surface area (TPSA) is 61.4 Å². The molecule has 2 aliphatic heterocycles. The SMILES string of the molecule is CCCN(CC1CCCN1)C(=O)C1CNC(=O)C1. The average Bonchev–Trinajstić information content (AvgIpc) is 2.99. The van der Waals surface area contributed by atoms with Gasteiger partial charge in [-0.3, -0.25) is 9.59 Å². The molecule has 0 radical (unpaired) electrons. The van der Waals surface area contributed by atoms with Gasteiger partial charge >= 0.3 is 0 Å². The van der Waals surface area contributed by atoms with Gasteiger partial charge in [-0.1, -0.05) is 6.92 Å². The van der Waals surface area contributed by atoms with E-state index in [1.165, 1.54) is 6.42 Å². The highest BCUT2D eigenvalue weighted by Gasteiger charge is 2.32. The highest BCUT2D eigenvalue weighted by atomic mass is 16.2. The van der Waals surface area contributed by atoms with Gasteiger partial charge in [-0.25, -0.2) is 0 Å². The van der Waals surface area contributed by atoms with Crippen molar-refractivity contribution >= 4 is 11.8 Å². The van der Waals surface area contributed by atoms with E-state index in [1.54, 1.807) is 0 Å². The Morgan fingerprint density at radius 2 is 2.33 bits per heavy atom. The summed E-state index contributed by atoms with van der Waals surface area (Å²) in [7, 11) is 0. The first kappa shape index (κ1) is 13.3. The molecule has 0 aromatic carbocycles. The van der Waals surface area contributed by atoms with E-state index < -0.39 is 0 Å². The maximum Gasteiger partial charge on any atom is 0.228 e. The van der Waals surface area contributed by atoms with Crippen LogP contribution >= 0.6 is 0 Å². The Morgan fingerprint density at radius 1 is 1.50 bits per heavy atom. The third-order valence-corrected chi connectivity index (χ3v) is 3.74. The van der Waals surface area contributed by atoms with Gasteiger partial charge in [0.15, 0.2) is 0 Å². The van der Waals surface area contributed by atoms with Crippen LogP contribution in [0.1, 0.15) is 32.6 Å². The molecular weight excluding hydrogens is 230 g/mol. The highest BCUT2D eigenvalue weighted by Crippen LogP contribution is 2.15. The lowest BCUT2D eigenvalue weighted by Gasteiger charge is -2.27. The second kappa shape index (κ2) is 6.18. The van der Waals surface area contributed by atoms with Crippen LogP contribution < -0.4 is 10.6 Å². The standard InChI is InChI=1S/C13H23N3O2/c1-2-6-16(9-11-4-3-5-14-11)13(18)10-7-12(17)15-8-10/h10-11,14H,2-9H2,1H3,(H,15,17). The van der Waals surface area contributed by atoms with Crippen molar-refractivity contribution in [3.63, 3.8) is 0 Å². The van der Waals surface area contributed by atoms with Crippen LogP contribution in [0.15, 0.2) is 0 Å². The Hall–Kier alpha value is -1.10. The molecule has 2 atom stereocenters. The second-order valence-corrected chi connectivity index (χ2v) is 5.28. The van der Waals surface area contributed by atoms with Gasteiger partial charge in [0, 0.05) is 32.1 Å². The van der Waals surface area contributed by atoms with E-state index in [-0.39, 0.29) is 17.7 Å². The number of rotatable bonds is 5. The summed E-state index contributed by atoms with van der Waals surface area (Å²) in [5.41, 5.74) is 0. The van der Waals surface area contributed by atoms with Crippen LogP contribution in [0.3, 0.4) is 0 Å². The summed E-state index contributed by atoms with van der Waals surface area (Å²) in [6, 6.07) is 0.436. The van der Waals surface area contributed by atoms with Gasteiger partial charge in [0.25, 0.3) is 0 Å². The zero-order valence-corrected chi connectivity index (χ0v) is 11.1. The lowest BCUT2D eigenvalue weighted by molar-refractivity contribution is -0.136. The van der Waals surface area contributed by atoms with Gasteiger partial charge in [0.05, 0.1) is 5.92 Å². The summed E-state index contributed by atoms with van der Waals surface area (Å²) in [6.07, 6.45) is 3.67. The first-order valence-corrected chi connectivity index (χ1v) is 6.99. The van der Waals surface area contributed by atoms with Crippen LogP contribution in [0.25, 0.3) is 0 Å². The Kier molecular flexibility index (Phi) is 4.58. The predicted molar refractivity (Wildman–Crippen MR) is 69.0 cm³/mol. The number of amides is 2. The maximum atomic E-state index is 12.4. The molecule has 2 aliphatic rings. The largest absolute Gasteiger partial charge is 0.355 e. The molecule has 0 aromatic rings. The van der Waals surface area contributed by atoms with Crippen molar-refractivity contribution in [3.8, 4) is 0 Å². The molecule has 0 bridgehead atoms. The lowest BCUT2D eigenvalue weighted by atomic mass is 10.1. The molecule has 102 valence electrons. The Morgan fingerprint density at radius 3 is 2.89 bits per heavy atom. The highest BCUT2D eigenvalue weighted by molar-refractivity contribution is 5.89. The van der Waals surface area contributed by atoms with Crippen LogP contribution in [0.5, 0.6) is 0 Å². The van der Waals surface area contributed by atoms with Crippen molar-refractivity contribution in [2.24, 2.45) is 5.92 Å². The fraction of sp³-hybridized carbons (Fsp3) is 0.846. The van der Waals surface area contributed by atoms with Gasteiger partial charge in [-0.2, -0.15) is 0 Å². The monoisotopic (exact) mass is 253 g/mol. The first-order valence-electron chi connectivity index (χ1n) is 6.99. The fourth-order valence-corrected chi connectivity index (χ4v) is 2.78. The molecule has 18 heavy (non-hydrogen) atoms. The van der Waals surface area contributed by atoms with Gasteiger partial charge in [-0.05, 0) is 25.8 Å². The van der Waals surface area contributed by atoms with Crippen LogP contribution in [0.2, 0.25) is 0 Å². The molecule has 2 N–H and O–H groups in total. The van der Waals surface area contributed by atoms with Crippen LogP contribution in [-0.2, 0) is 9.59 Å². The Bertz CT molecular complexity index is 313. The van der Waals surface area contributed by atoms with Gasteiger partial charge in [-0.15, -0.1) is 0 Å². The van der Waals surface area contributed by atoms with Gasteiger partial charge in [0.2, 0.25) is 11.8 Å². The van der Waals surface area contributed by atoms with Crippen molar-refractivity contribution in [3.05, 3.63) is 0 Å². The normalized spacial score (nSPS) is 27.3. The van der Waals surface area contributed by atoms with Gasteiger partial charge in [0.1, 0.15) is 0 Å². The van der Waals surface area contributed by atoms with Crippen molar-refractivity contribution in [1.82, 2.24) is 15.5 Å². The number of nitrogens with zero attached hydrogens (tertiary/aromatic N) is 1. The average molecular weight is 253 g/mol. The minimum atomic E-state index is -0.148. The number of carbonyl (C=O) groups is 2. The van der Waals surface area contributed by atoms with E-state index in [0.717, 1.165) is 32.5 Å². The molecule has 2 fully saturated rings. The van der Waals surface area contributed by atoms with E-state index >= 15 is 0 Å². The number of nitrogens with one attached hydrogen (secondary N) is 2.